The minimum Gasteiger partial charge on any atom is -0.444 e. The first-order valence-corrected chi connectivity index (χ1v) is 4.80. The molecule has 0 aliphatic rings. The molecule has 0 radical (unpaired) electrons. The summed E-state index contributed by atoms with van der Waals surface area (Å²) in [6, 6.07) is 2.15. The molecule has 4 nitrogen and oxygen atoms in total. The van der Waals surface area contributed by atoms with Gasteiger partial charge in [-0.2, -0.15) is 5.26 Å². The van der Waals surface area contributed by atoms with Crippen LogP contribution in [0.5, 0.6) is 0 Å². The molecule has 0 fully saturated rings. The molecule has 1 aromatic heterocycles. The second-order valence-electron chi connectivity index (χ2n) is 3.23. The van der Waals surface area contributed by atoms with E-state index in [-0.39, 0.29) is 5.92 Å². The number of hydrogen-bond donors (Lipinski definition) is 1. The van der Waals surface area contributed by atoms with Crippen molar-refractivity contribution in [3.05, 3.63) is 17.8 Å². The maximum atomic E-state index is 8.55. The van der Waals surface area contributed by atoms with Crippen molar-refractivity contribution in [2.24, 2.45) is 5.92 Å². The van der Waals surface area contributed by atoms with Crippen LogP contribution in [-0.2, 0) is 13.0 Å². The molecule has 1 unspecified atom stereocenters. The van der Waals surface area contributed by atoms with Gasteiger partial charge in [0, 0.05) is 13.0 Å². The van der Waals surface area contributed by atoms with Crippen LogP contribution in [0.25, 0.3) is 0 Å². The maximum absolute atomic E-state index is 8.55. The smallest absolute Gasteiger partial charge is 0.208 e. The molecule has 0 aromatic carbocycles. The zero-order chi connectivity index (χ0) is 10.4. The first-order valence-electron chi connectivity index (χ1n) is 4.80. The molecule has 0 aliphatic carbocycles. The van der Waals surface area contributed by atoms with E-state index in [4.69, 9.17) is 9.68 Å². The van der Waals surface area contributed by atoms with Crippen LogP contribution in [0.4, 0.5) is 0 Å². The van der Waals surface area contributed by atoms with Gasteiger partial charge in [-0.25, -0.2) is 4.98 Å². The zero-order valence-electron chi connectivity index (χ0n) is 8.58. The van der Waals surface area contributed by atoms with Gasteiger partial charge in [0.05, 0.1) is 24.7 Å². The van der Waals surface area contributed by atoms with Gasteiger partial charge in [-0.15, -0.1) is 0 Å². The van der Waals surface area contributed by atoms with Crippen molar-refractivity contribution in [3.63, 3.8) is 0 Å². The molecule has 1 atom stereocenters. The van der Waals surface area contributed by atoms with Gasteiger partial charge in [0.25, 0.3) is 0 Å². The number of aromatic nitrogens is 1. The van der Waals surface area contributed by atoms with E-state index in [2.05, 4.69) is 16.4 Å². The van der Waals surface area contributed by atoms with Gasteiger partial charge in [-0.3, -0.25) is 0 Å². The van der Waals surface area contributed by atoms with E-state index >= 15 is 0 Å². The van der Waals surface area contributed by atoms with Gasteiger partial charge < -0.3 is 9.73 Å². The van der Waals surface area contributed by atoms with Crippen molar-refractivity contribution >= 4 is 0 Å². The Morgan fingerprint density at radius 1 is 1.71 bits per heavy atom. The number of rotatable bonds is 5. The Morgan fingerprint density at radius 3 is 3.07 bits per heavy atom. The fraction of sp³-hybridized carbons (Fsp3) is 0.600. The number of nitriles is 1. The summed E-state index contributed by atoms with van der Waals surface area (Å²) >= 11 is 0. The monoisotopic (exact) mass is 193 g/mol. The molecule has 0 saturated heterocycles. The molecule has 1 heterocycles. The Morgan fingerprint density at radius 2 is 2.50 bits per heavy atom. The van der Waals surface area contributed by atoms with E-state index in [1.165, 1.54) is 0 Å². The second-order valence-corrected chi connectivity index (χ2v) is 3.23. The van der Waals surface area contributed by atoms with E-state index in [0.29, 0.717) is 19.0 Å². The molecule has 0 saturated carbocycles. The predicted molar refractivity (Wildman–Crippen MR) is 52.4 cm³/mol. The van der Waals surface area contributed by atoms with Crippen LogP contribution in [-0.4, -0.2) is 11.5 Å². The number of nitrogens with one attached hydrogen (secondary N) is 1. The number of hydrogen-bond acceptors (Lipinski definition) is 4. The molecule has 0 bridgehead atoms. The lowest BCUT2D eigenvalue weighted by Crippen LogP contribution is -2.19. The fourth-order valence-corrected chi connectivity index (χ4v) is 1.03. The Balaban J connectivity index is 2.28. The van der Waals surface area contributed by atoms with Crippen molar-refractivity contribution in [1.29, 1.82) is 5.26 Å². The minimum absolute atomic E-state index is 0.0237. The average molecular weight is 193 g/mol. The number of oxazole rings is 1. The third-order valence-corrected chi connectivity index (χ3v) is 1.90. The molecule has 1 rings (SSSR count). The third-order valence-electron chi connectivity index (χ3n) is 1.90. The molecule has 0 aliphatic heterocycles. The van der Waals surface area contributed by atoms with Crippen molar-refractivity contribution in [3.8, 4) is 6.07 Å². The van der Waals surface area contributed by atoms with Gasteiger partial charge in [0.1, 0.15) is 5.76 Å². The third kappa shape index (κ3) is 3.19. The molecule has 14 heavy (non-hydrogen) atoms. The highest BCUT2D eigenvalue weighted by molar-refractivity contribution is 4.93. The molecule has 4 heteroatoms. The van der Waals surface area contributed by atoms with Gasteiger partial charge in [-0.1, -0.05) is 6.92 Å². The first kappa shape index (κ1) is 10.7. The lowest BCUT2D eigenvalue weighted by Gasteiger charge is -2.02. The Bertz CT molecular complexity index is 313. The Kier molecular flexibility index (Phi) is 4.14. The molecule has 1 aromatic rings. The van der Waals surface area contributed by atoms with Gasteiger partial charge in [0.2, 0.25) is 5.89 Å². The van der Waals surface area contributed by atoms with Crippen molar-refractivity contribution in [1.82, 2.24) is 10.3 Å². The van der Waals surface area contributed by atoms with Crippen LogP contribution in [0.1, 0.15) is 25.5 Å². The summed E-state index contributed by atoms with van der Waals surface area (Å²) in [5.41, 5.74) is 0. The van der Waals surface area contributed by atoms with Gasteiger partial charge in [-0.05, 0) is 6.92 Å². The summed E-state index contributed by atoms with van der Waals surface area (Å²) in [5, 5.41) is 11.7. The van der Waals surface area contributed by atoms with Crippen molar-refractivity contribution in [2.45, 2.75) is 26.8 Å². The van der Waals surface area contributed by atoms with E-state index in [0.717, 1.165) is 12.2 Å². The maximum Gasteiger partial charge on any atom is 0.208 e. The highest BCUT2D eigenvalue weighted by Gasteiger charge is 2.03. The highest BCUT2D eigenvalue weighted by Crippen LogP contribution is 2.03. The molecule has 0 spiro atoms. The van der Waals surface area contributed by atoms with Gasteiger partial charge >= 0.3 is 0 Å². The van der Waals surface area contributed by atoms with Crippen molar-refractivity contribution in [2.75, 3.05) is 6.54 Å². The summed E-state index contributed by atoms with van der Waals surface area (Å²) in [5.74, 6) is 1.61. The van der Waals surface area contributed by atoms with E-state index in [9.17, 15) is 0 Å². The van der Waals surface area contributed by atoms with Crippen molar-refractivity contribution < 1.29 is 4.42 Å². The molecular formula is C10H15N3O. The summed E-state index contributed by atoms with van der Waals surface area (Å²) in [6.45, 7) is 5.15. The number of nitrogens with zero attached hydrogens (tertiary/aromatic N) is 2. The topological polar surface area (TPSA) is 61.9 Å². The second kappa shape index (κ2) is 5.40. The molecule has 76 valence electrons. The normalized spacial score (nSPS) is 12.4. The van der Waals surface area contributed by atoms with E-state index < -0.39 is 0 Å². The lowest BCUT2D eigenvalue weighted by molar-refractivity contribution is 0.434. The SMILES string of the molecule is CCc1cnc(CNCC(C)C#N)o1. The lowest BCUT2D eigenvalue weighted by atomic mass is 10.2. The van der Waals surface area contributed by atoms with Crippen LogP contribution >= 0.6 is 0 Å². The Labute approximate surface area is 83.9 Å². The van der Waals surface area contributed by atoms with Crippen LogP contribution in [0.3, 0.4) is 0 Å². The first-order chi connectivity index (χ1) is 6.76. The average Bonchev–Trinajstić information content (AvgIpc) is 2.65. The molecular weight excluding hydrogens is 178 g/mol. The largest absolute Gasteiger partial charge is 0.444 e. The summed E-state index contributed by atoms with van der Waals surface area (Å²) in [6.07, 6.45) is 2.60. The highest BCUT2D eigenvalue weighted by atomic mass is 16.4. The Hall–Kier alpha value is -1.34. The summed E-state index contributed by atoms with van der Waals surface area (Å²) < 4.78 is 5.39. The molecule has 0 amide bonds. The summed E-state index contributed by atoms with van der Waals surface area (Å²) in [4.78, 5) is 4.10. The summed E-state index contributed by atoms with van der Waals surface area (Å²) in [7, 11) is 0. The fourth-order valence-electron chi connectivity index (χ4n) is 1.03. The van der Waals surface area contributed by atoms with Crippen LogP contribution in [0.15, 0.2) is 10.6 Å². The van der Waals surface area contributed by atoms with E-state index in [1.807, 2.05) is 13.8 Å². The number of aryl methyl sites for hydroxylation is 1. The van der Waals surface area contributed by atoms with Crippen LogP contribution in [0.2, 0.25) is 0 Å². The van der Waals surface area contributed by atoms with Gasteiger partial charge in [0.15, 0.2) is 0 Å². The minimum atomic E-state index is 0.0237. The standard InChI is InChI=1S/C10H15N3O/c1-3-9-6-13-10(14-9)7-12-5-8(2)4-11/h6,8,12H,3,5,7H2,1-2H3. The molecule has 1 N–H and O–H groups in total. The van der Waals surface area contributed by atoms with Crippen LogP contribution in [0, 0.1) is 17.2 Å². The van der Waals surface area contributed by atoms with Crippen LogP contribution < -0.4 is 5.32 Å². The van der Waals surface area contributed by atoms with E-state index in [1.54, 1.807) is 6.20 Å². The predicted octanol–water partition coefficient (Wildman–Crippen LogP) is 1.49. The zero-order valence-corrected chi connectivity index (χ0v) is 8.58. The quantitative estimate of drug-likeness (QED) is 0.769.